The van der Waals surface area contributed by atoms with Crippen LogP contribution < -0.4 is 10.6 Å². The predicted molar refractivity (Wildman–Crippen MR) is 131 cm³/mol. The molecule has 2 aliphatic carbocycles. The summed E-state index contributed by atoms with van der Waals surface area (Å²) in [5, 5.41) is 13.3. The summed E-state index contributed by atoms with van der Waals surface area (Å²) in [7, 11) is 4.24. The van der Waals surface area contributed by atoms with Crippen LogP contribution in [0.3, 0.4) is 0 Å². The highest BCUT2D eigenvalue weighted by Crippen LogP contribution is 2.37. The number of hydrogen-bond acceptors (Lipinski definition) is 2. The van der Waals surface area contributed by atoms with Crippen molar-refractivity contribution < 1.29 is 9.50 Å². The molecule has 3 unspecified atom stereocenters. The van der Waals surface area contributed by atoms with Crippen molar-refractivity contribution in [2.24, 2.45) is 0 Å². The Morgan fingerprint density at radius 3 is 2.29 bits per heavy atom. The molecule has 0 aliphatic heterocycles. The zero-order chi connectivity index (χ0) is 21.8. The normalized spacial score (nSPS) is 20.4. The number of hydrogen-bond donors (Lipinski definition) is 1. The van der Waals surface area contributed by atoms with Crippen molar-refractivity contribution in [3.63, 3.8) is 0 Å². The lowest BCUT2D eigenvalue weighted by Gasteiger charge is -2.23. The van der Waals surface area contributed by atoms with Crippen molar-refractivity contribution in [1.82, 2.24) is 4.90 Å². The quantitative estimate of drug-likeness (QED) is 0.615. The maximum Gasteiger partial charge on any atom is 0.127 e. The molecule has 0 radical (unpaired) electrons. The van der Waals surface area contributed by atoms with E-state index >= 15 is 0 Å². The summed E-state index contributed by atoms with van der Waals surface area (Å²) in [5.74, 6) is 0.640. The fourth-order valence-electron chi connectivity index (χ4n) is 4.21. The standard InChI is InChI=1S/C27H29FNOP/c1-29(2)18-22-15-23(28)13-14-25(22)31-26-17-21(19-9-5-3-6-10-19)16-24(27(26)30)20-11-7-4-8-12-20/h3-9,11,13-17,19-20,30-31H,10,12,18H2,1-2H3. The topological polar surface area (TPSA) is 23.5 Å². The Morgan fingerprint density at radius 2 is 1.65 bits per heavy atom. The molecular weight excluding hydrogens is 404 g/mol. The van der Waals surface area contributed by atoms with Gasteiger partial charge in [-0.15, -0.1) is 0 Å². The van der Waals surface area contributed by atoms with Gasteiger partial charge in [0.25, 0.3) is 0 Å². The Hall–Kier alpha value is -2.48. The Morgan fingerprint density at radius 1 is 0.935 bits per heavy atom. The summed E-state index contributed by atoms with van der Waals surface area (Å²) in [4.78, 5) is 2.04. The van der Waals surface area contributed by atoms with Gasteiger partial charge in [-0.3, -0.25) is 0 Å². The van der Waals surface area contributed by atoms with Crippen LogP contribution in [0.5, 0.6) is 5.75 Å². The Kier molecular flexibility index (Phi) is 6.85. The zero-order valence-corrected chi connectivity index (χ0v) is 19.1. The predicted octanol–water partition coefficient (Wildman–Crippen LogP) is 5.42. The van der Waals surface area contributed by atoms with E-state index < -0.39 is 0 Å². The average Bonchev–Trinajstić information content (AvgIpc) is 2.77. The highest BCUT2D eigenvalue weighted by atomic mass is 31.1. The molecule has 2 aromatic rings. The molecule has 0 heterocycles. The first kappa shape index (κ1) is 21.7. The summed E-state index contributed by atoms with van der Waals surface area (Å²) >= 11 is 0. The van der Waals surface area contributed by atoms with E-state index in [-0.39, 0.29) is 20.3 Å². The average molecular weight is 434 g/mol. The van der Waals surface area contributed by atoms with E-state index in [1.165, 1.54) is 11.6 Å². The lowest BCUT2D eigenvalue weighted by molar-refractivity contribution is 0.402. The smallest absolute Gasteiger partial charge is 0.127 e. The number of halogens is 1. The minimum atomic E-state index is -0.220. The third-order valence-electron chi connectivity index (χ3n) is 5.77. The van der Waals surface area contributed by atoms with Crippen molar-refractivity contribution in [2.75, 3.05) is 14.1 Å². The van der Waals surface area contributed by atoms with Gasteiger partial charge < -0.3 is 10.0 Å². The molecule has 0 aromatic heterocycles. The van der Waals surface area contributed by atoms with Crippen LogP contribution in [0.25, 0.3) is 0 Å². The second kappa shape index (κ2) is 9.77. The molecule has 2 aliphatic rings. The number of benzene rings is 2. The van der Waals surface area contributed by atoms with Crippen molar-refractivity contribution in [2.45, 2.75) is 31.2 Å². The van der Waals surface area contributed by atoms with Crippen molar-refractivity contribution in [3.8, 4) is 5.75 Å². The first-order valence-electron chi connectivity index (χ1n) is 10.7. The molecule has 0 bridgehead atoms. The molecule has 0 saturated carbocycles. The number of nitrogens with zero attached hydrogens (tertiary/aromatic N) is 1. The molecule has 4 rings (SSSR count). The summed E-state index contributed by atoms with van der Waals surface area (Å²) in [5.41, 5.74) is 3.19. The van der Waals surface area contributed by atoms with Crippen LogP contribution in [-0.2, 0) is 6.54 Å². The van der Waals surface area contributed by atoms with Crippen LogP contribution >= 0.6 is 8.58 Å². The zero-order valence-electron chi connectivity index (χ0n) is 18.1. The Balaban J connectivity index is 1.76. The summed E-state index contributed by atoms with van der Waals surface area (Å²) in [6.07, 6.45) is 18.9. The van der Waals surface area contributed by atoms with Crippen LogP contribution in [0.1, 0.15) is 41.4 Å². The van der Waals surface area contributed by atoms with Gasteiger partial charge in [-0.05, 0) is 61.6 Å². The molecule has 160 valence electrons. The van der Waals surface area contributed by atoms with E-state index in [9.17, 15) is 9.50 Å². The molecule has 0 saturated heterocycles. The van der Waals surface area contributed by atoms with E-state index in [2.05, 4.69) is 60.7 Å². The largest absolute Gasteiger partial charge is 0.507 e. The minimum Gasteiger partial charge on any atom is -0.507 e. The van der Waals surface area contributed by atoms with E-state index in [0.29, 0.717) is 18.2 Å². The van der Waals surface area contributed by atoms with Gasteiger partial charge in [-0.25, -0.2) is 4.39 Å². The molecule has 0 amide bonds. The van der Waals surface area contributed by atoms with Gasteiger partial charge in [0.05, 0.1) is 0 Å². The monoisotopic (exact) mass is 433 g/mol. The van der Waals surface area contributed by atoms with Gasteiger partial charge >= 0.3 is 0 Å². The Bertz CT molecular complexity index is 1070. The summed E-state index contributed by atoms with van der Waals surface area (Å²) in [6, 6.07) is 9.33. The van der Waals surface area contributed by atoms with Crippen LogP contribution in [0.4, 0.5) is 4.39 Å². The molecule has 1 N–H and O–H groups in total. The molecule has 2 aromatic carbocycles. The van der Waals surface area contributed by atoms with Gasteiger partial charge in [0.2, 0.25) is 0 Å². The van der Waals surface area contributed by atoms with Crippen molar-refractivity contribution in [3.05, 3.63) is 101 Å². The van der Waals surface area contributed by atoms with Crippen LogP contribution in [0.2, 0.25) is 0 Å². The fraction of sp³-hybridized carbons (Fsp3) is 0.259. The highest BCUT2D eigenvalue weighted by molar-refractivity contribution is 7.55. The van der Waals surface area contributed by atoms with Gasteiger partial charge in [0.15, 0.2) is 0 Å². The fourth-order valence-corrected chi connectivity index (χ4v) is 5.48. The third kappa shape index (κ3) is 5.23. The second-order valence-corrected chi connectivity index (χ2v) is 9.81. The lowest BCUT2D eigenvalue weighted by atomic mass is 9.86. The maximum atomic E-state index is 13.9. The first-order valence-corrected chi connectivity index (χ1v) is 11.7. The number of aromatic hydroxyl groups is 1. The number of phenolic OH excluding ortho intramolecular Hbond substituents is 1. The molecule has 31 heavy (non-hydrogen) atoms. The lowest BCUT2D eigenvalue weighted by Crippen LogP contribution is -2.19. The third-order valence-corrected chi connectivity index (χ3v) is 7.18. The van der Waals surface area contributed by atoms with E-state index in [1.807, 2.05) is 25.1 Å². The molecular formula is C27H29FNOP. The minimum absolute atomic E-state index is 0.172. The molecule has 4 heteroatoms. The number of phenols is 1. The van der Waals surface area contributed by atoms with Crippen LogP contribution in [-0.4, -0.2) is 24.1 Å². The van der Waals surface area contributed by atoms with Crippen LogP contribution in [0, 0.1) is 5.82 Å². The Labute approximate surface area is 186 Å². The SMILES string of the molecule is CN(C)Cc1cc(F)ccc1Pc1cc(C2C=CC=CC2)cc(C2C=CC=CC2)c1O. The first-order chi connectivity index (χ1) is 15.0. The van der Waals surface area contributed by atoms with Crippen molar-refractivity contribution in [1.29, 1.82) is 0 Å². The second-order valence-electron chi connectivity index (χ2n) is 8.48. The van der Waals surface area contributed by atoms with Gasteiger partial charge in [0.1, 0.15) is 11.6 Å². The summed E-state index contributed by atoms with van der Waals surface area (Å²) in [6.45, 7) is 0.666. The van der Waals surface area contributed by atoms with Crippen LogP contribution in [0.15, 0.2) is 78.9 Å². The maximum absolute atomic E-state index is 13.9. The van der Waals surface area contributed by atoms with Gasteiger partial charge in [-0.1, -0.05) is 69.3 Å². The van der Waals surface area contributed by atoms with E-state index in [1.54, 1.807) is 6.07 Å². The van der Waals surface area contributed by atoms with E-state index in [0.717, 1.165) is 34.6 Å². The molecule has 0 spiro atoms. The summed E-state index contributed by atoms with van der Waals surface area (Å²) < 4.78 is 13.9. The molecule has 2 nitrogen and oxygen atoms in total. The van der Waals surface area contributed by atoms with E-state index in [4.69, 9.17) is 0 Å². The molecule has 0 fully saturated rings. The van der Waals surface area contributed by atoms with Crippen molar-refractivity contribution >= 4 is 19.2 Å². The highest BCUT2D eigenvalue weighted by Gasteiger charge is 2.21. The number of allylic oxidation sites excluding steroid dienone is 8. The number of rotatable bonds is 6. The molecule has 3 atom stereocenters. The van der Waals surface area contributed by atoms with Gasteiger partial charge in [0, 0.05) is 29.2 Å². The van der Waals surface area contributed by atoms with Gasteiger partial charge in [-0.2, -0.15) is 0 Å².